The molecule has 0 heteroatoms. The van der Waals surface area contributed by atoms with Gasteiger partial charge in [0.25, 0.3) is 0 Å². The van der Waals surface area contributed by atoms with E-state index in [0.717, 1.165) is 0 Å². The van der Waals surface area contributed by atoms with Crippen molar-refractivity contribution in [2.75, 3.05) is 0 Å². The smallest absolute Gasteiger partial charge is 0.0125 e. The number of fused-ring (bicyclic) bond motifs is 8. The van der Waals surface area contributed by atoms with Crippen molar-refractivity contribution in [3.63, 3.8) is 0 Å². The van der Waals surface area contributed by atoms with E-state index in [0.29, 0.717) is 0 Å². The summed E-state index contributed by atoms with van der Waals surface area (Å²) in [6.07, 6.45) is 0. The van der Waals surface area contributed by atoms with E-state index in [1.807, 2.05) is 0 Å². The van der Waals surface area contributed by atoms with Gasteiger partial charge >= 0.3 is 0 Å². The summed E-state index contributed by atoms with van der Waals surface area (Å²) in [5.74, 6) is 0. The van der Waals surface area contributed by atoms with Crippen LogP contribution in [0, 0.1) is 152 Å². The molecular formula is C138H138. The normalized spacial score (nSPS) is 10.4. The van der Waals surface area contributed by atoms with Crippen molar-refractivity contribution in [3.05, 3.63) is 559 Å². The molecule has 22 aromatic carbocycles. The lowest BCUT2D eigenvalue weighted by Gasteiger charge is -2.04. The highest BCUT2D eigenvalue weighted by molar-refractivity contribution is 5.92. The first-order chi connectivity index (χ1) is 66.4. The van der Waals surface area contributed by atoms with Crippen molar-refractivity contribution in [1.82, 2.24) is 0 Å². The van der Waals surface area contributed by atoms with Crippen LogP contribution in [0.25, 0.3) is 120 Å². The Balaban J connectivity index is 0.000000136. The van der Waals surface area contributed by atoms with Crippen molar-refractivity contribution < 1.29 is 0 Å². The van der Waals surface area contributed by atoms with Crippen LogP contribution in [0.4, 0.5) is 0 Å². The van der Waals surface area contributed by atoms with E-state index >= 15 is 0 Å². The number of benzene rings is 22. The molecule has 0 N–H and O–H groups in total. The molecule has 0 spiro atoms. The summed E-state index contributed by atoms with van der Waals surface area (Å²) in [5.41, 5.74) is 37.2. The maximum Gasteiger partial charge on any atom is -0.0125 e. The van der Waals surface area contributed by atoms with Crippen molar-refractivity contribution in [1.29, 1.82) is 0 Å². The molecule has 0 saturated heterocycles. The van der Waals surface area contributed by atoms with Crippen molar-refractivity contribution in [2.45, 2.75) is 152 Å². The van der Waals surface area contributed by atoms with Crippen LogP contribution in [-0.2, 0) is 0 Å². The summed E-state index contributed by atoms with van der Waals surface area (Å²) in [6, 6.07) is 156. The van der Waals surface area contributed by atoms with Crippen LogP contribution in [0.1, 0.15) is 122 Å². The topological polar surface area (TPSA) is 0 Å². The average Bonchev–Trinajstić information content (AvgIpc) is 0.703. The zero-order valence-electron chi connectivity index (χ0n) is 85.6. The van der Waals surface area contributed by atoms with Gasteiger partial charge in [-0.05, 0) is 322 Å². The van der Waals surface area contributed by atoms with E-state index in [1.165, 1.54) is 242 Å². The fraction of sp³-hybridized carbons (Fsp3) is 0.159. The summed E-state index contributed by atoms with van der Waals surface area (Å²) in [4.78, 5) is 0. The largest absolute Gasteiger partial charge is 0.0616 e. The molecule has 138 heavy (non-hydrogen) atoms. The van der Waals surface area contributed by atoms with E-state index in [9.17, 15) is 0 Å². The molecule has 22 aromatic rings. The summed E-state index contributed by atoms with van der Waals surface area (Å²) >= 11 is 0. The van der Waals surface area contributed by atoms with Gasteiger partial charge < -0.3 is 0 Å². The van der Waals surface area contributed by atoms with Gasteiger partial charge in [0.15, 0.2) is 0 Å². The molecule has 0 aliphatic rings. The second-order valence-electron chi connectivity index (χ2n) is 37.6. The van der Waals surface area contributed by atoms with Gasteiger partial charge in [0.1, 0.15) is 0 Å². The molecule has 0 amide bonds. The van der Waals surface area contributed by atoms with E-state index in [-0.39, 0.29) is 0 Å². The molecule has 0 aliphatic carbocycles. The van der Waals surface area contributed by atoms with Crippen molar-refractivity contribution in [2.24, 2.45) is 0 Å². The van der Waals surface area contributed by atoms with Gasteiger partial charge in [0.2, 0.25) is 0 Å². The van der Waals surface area contributed by atoms with E-state index in [1.54, 1.807) is 0 Å². The SMILES string of the molecule is Cc1cc(C)c2ccccc2c1.Cc1cc2ccccc2cc1C.Cc1ccc(-c2ccc(C)cc2)cc1.Cc1ccc(-c2cccc(C)c2)cc1.Cc1ccc2c(C)cccc2c1.Cc1ccc2cc(C)ccc2c1.Cc1ccc2ccc(C)cc2c1.Cc1ccc2cccc(C)c2c1.Cc1ccc2ccccc2c1C.Cc1cccc(-c2cccc(C)c2)c1.Cc1cccc2cccc(C)c12. The highest BCUT2D eigenvalue weighted by Gasteiger charge is 2.06. The first kappa shape index (κ1) is 102. The maximum absolute atomic E-state index is 2.24. The second-order valence-corrected chi connectivity index (χ2v) is 37.6. The minimum atomic E-state index is 1.29. The Morgan fingerprint density at radius 1 is 0.101 bits per heavy atom. The third kappa shape index (κ3) is 30.0. The fourth-order valence-corrected chi connectivity index (χ4v) is 17.2. The van der Waals surface area contributed by atoms with Crippen LogP contribution in [0.3, 0.4) is 0 Å². The molecular weight excluding hydrogens is 1660 g/mol. The molecule has 0 bridgehead atoms. The molecule has 0 saturated carbocycles. The van der Waals surface area contributed by atoms with Crippen LogP contribution < -0.4 is 0 Å². The number of hydrogen-bond donors (Lipinski definition) is 0. The lowest BCUT2D eigenvalue weighted by Crippen LogP contribution is -1.82. The predicted molar refractivity (Wildman–Crippen MR) is 611 cm³/mol. The minimum absolute atomic E-state index is 1.29. The number of aryl methyl sites for hydroxylation is 22. The lowest BCUT2D eigenvalue weighted by atomic mass is 10.0. The third-order valence-corrected chi connectivity index (χ3v) is 25.4. The molecule has 0 aliphatic heterocycles. The maximum atomic E-state index is 2.24. The van der Waals surface area contributed by atoms with Gasteiger partial charge in [-0.15, -0.1) is 0 Å². The Labute approximate surface area is 825 Å². The van der Waals surface area contributed by atoms with Crippen LogP contribution in [-0.4, -0.2) is 0 Å². The lowest BCUT2D eigenvalue weighted by molar-refractivity contribution is 1.37. The van der Waals surface area contributed by atoms with E-state index in [2.05, 4.69) is 589 Å². The fourth-order valence-electron chi connectivity index (χ4n) is 17.2. The average molecular weight is 1800 g/mol. The standard InChI is InChI=1S/3C14H14.8C12H12/c1-11-3-7-13(8-4-11)14-9-5-12(2)6-10-14;1-11-5-3-7-13(9-11)14-8-4-6-12(2)10-14;1-11-6-8-13(9-7-11)14-5-3-4-12(2)10-14;1-9-3-5-12-8-10(2)4-6-11(12)7-9;1-9-3-5-11-6-4-10(2)8-12(11)7-9;1-9-5-3-7-11-8-4-6-10(2)12(9)11;1-9-6-7-12-10(2)4-3-5-11(12)8-9;1-9-6-7-11-5-3-4-10(2)12(11)8-9;1-9-7-11-5-3-4-6-12(11)8-10(9)2;1-9-7-10(2)12-6-4-3-5-11(12)8-9;1-9-7-8-11-5-3-4-6-12(11)10(9)2/h3*3-10H,1-2H3;8*3-8H,1-2H3. The molecule has 22 rings (SSSR count). The number of rotatable bonds is 3. The van der Waals surface area contributed by atoms with Gasteiger partial charge in [0.05, 0.1) is 0 Å². The van der Waals surface area contributed by atoms with E-state index in [4.69, 9.17) is 0 Å². The van der Waals surface area contributed by atoms with E-state index < -0.39 is 0 Å². The molecule has 0 unspecified atom stereocenters. The number of hydrogen-bond acceptors (Lipinski definition) is 0. The van der Waals surface area contributed by atoms with Crippen LogP contribution in [0.5, 0.6) is 0 Å². The van der Waals surface area contributed by atoms with Crippen LogP contribution in [0.15, 0.2) is 437 Å². The van der Waals surface area contributed by atoms with Crippen molar-refractivity contribution >= 4 is 86.2 Å². The van der Waals surface area contributed by atoms with Gasteiger partial charge in [-0.25, -0.2) is 0 Å². The van der Waals surface area contributed by atoms with Gasteiger partial charge in [-0.2, -0.15) is 0 Å². The Bertz CT molecular complexity index is 7470. The zero-order chi connectivity index (χ0) is 98.3. The molecule has 0 fully saturated rings. The predicted octanol–water partition coefficient (Wildman–Crippen LogP) is 39.6. The van der Waals surface area contributed by atoms with Gasteiger partial charge in [0, 0.05) is 0 Å². The molecule has 0 atom stereocenters. The second kappa shape index (κ2) is 49.9. The minimum Gasteiger partial charge on any atom is -0.0616 e. The molecule has 0 aromatic heterocycles. The molecule has 0 nitrogen and oxygen atoms in total. The summed E-state index contributed by atoms with van der Waals surface area (Å²) in [6.45, 7) is 47.0. The van der Waals surface area contributed by atoms with Gasteiger partial charge in [-0.3, -0.25) is 0 Å². The monoisotopic (exact) mass is 1800 g/mol. The highest BCUT2D eigenvalue weighted by Crippen LogP contribution is 2.30. The first-order valence-corrected chi connectivity index (χ1v) is 48.5. The molecule has 0 radical (unpaired) electrons. The Kier molecular flexibility index (Phi) is 36.9. The Hall–Kier alpha value is -15.1. The first-order valence-electron chi connectivity index (χ1n) is 48.5. The Morgan fingerprint density at radius 2 is 0.377 bits per heavy atom. The highest BCUT2D eigenvalue weighted by atomic mass is 14.1. The zero-order valence-corrected chi connectivity index (χ0v) is 85.6. The van der Waals surface area contributed by atoms with Crippen LogP contribution in [0.2, 0.25) is 0 Å². The molecule has 690 valence electrons. The Morgan fingerprint density at radius 3 is 0.819 bits per heavy atom. The summed E-state index contributed by atoms with van der Waals surface area (Å²) in [7, 11) is 0. The summed E-state index contributed by atoms with van der Waals surface area (Å²) in [5, 5.41) is 21.6. The molecule has 0 heterocycles. The third-order valence-electron chi connectivity index (χ3n) is 25.4. The van der Waals surface area contributed by atoms with Crippen molar-refractivity contribution in [3.8, 4) is 33.4 Å². The quantitative estimate of drug-likeness (QED) is 0.165. The van der Waals surface area contributed by atoms with Gasteiger partial charge in [-0.1, -0.05) is 509 Å². The van der Waals surface area contributed by atoms with Crippen LogP contribution >= 0.6 is 0 Å². The summed E-state index contributed by atoms with van der Waals surface area (Å²) < 4.78 is 0.